The van der Waals surface area contributed by atoms with Crippen molar-refractivity contribution >= 4 is 11.1 Å². The van der Waals surface area contributed by atoms with Crippen molar-refractivity contribution in [1.82, 2.24) is 4.98 Å². The fraction of sp³-hybridized carbons (Fsp3) is 0.147. The van der Waals surface area contributed by atoms with Gasteiger partial charge in [-0.1, -0.05) is 121 Å². The van der Waals surface area contributed by atoms with Crippen LogP contribution in [-0.2, 0) is 10.8 Å². The quantitative estimate of drug-likeness (QED) is 0.387. The zero-order chi connectivity index (χ0) is 24.3. The summed E-state index contributed by atoms with van der Waals surface area (Å²) >= 11 is 0. The Hall–Kier alpha value is -3.97. The second kappa shape index (κ2) is 9.35. The number of hydrogen-bond acceptors (Lipinski definition) is 1. The molecular formula is C34H31N. The van der Waals surface area contributed by atoms with E-state index in [-0.39, 0.29) is 10.8 Å². The van der Waals surface area contributed by atoms with Gasteiger partial charge >= 0.3 is 0 Å². The number of allylic oxidation sites excluding steroid dienone is 12. The van der Waals surface area contributed by atoms with Crippen LogP contribution in [0.4, 0.5) is 0 Å². The molecular weight excluding hydrogens is 422 g/mol. The molecule has 5 rings (SSSR count). The molecule has 2 aromatic carbocycles. The van der Waals surface area contributed by atoms with Crippen LogP contribution in [0.15, 0.2) is 134 Å². The summed E-state index contributed by atoms with van der Waals surface area (Å²) in [6, 6.07) is 25.6. The Morgan fingerprint density at radius 3 is 1.89 bits per heavy atom. The summed E-state index contributed by atoms with van der Waals surface area (Å²) in [7, 11) is 0. The molecule has 0 bridgehead atoms. The number of benzene rings is 2. The van der Waals surface area contributed by atoms with Gasteiger partial charge in [0.15, 0.2) is 0 Å². The van der Waals surface area contributed by atoms with Gasteiger partial charge in [0, 0.05) is 10.8 Å². The second-order valence-electron chi connectivity index (χ2n) is 9.84. The standard InChI is InChI=1S/C34H31N/c1-26-23-31(27-14-12-21-33(2,22-19-27)29-15-6-4-7-16-29)35-32(24-26)28-13-10-11-20-34(3,25-28)30-17-8-5-9-18-30/h4-25H,1-3H3. The average molecular weight is 454 g/mol. The Bertz CT molecular complexity index is 1400. The number of aryl methyl sites for hydroxylation is 1. The first-order valence-electron chi connectivity index (χ1n) is 12.2. The molecule has 1 nitrogen and oxygen atoms in total. The minimum atomic E-state index is -0.201. The first-order valence-corrected chi connectivity index (χ1v) is 12.2. The molecule has 172 valence electrons. The van der Waals surface area contributed by atoms with Gasteiger partial charge in [-0.2, -0.15) is 0 Å². The van der Waals surface area contributed by atoms with E-state index in [4.69, 9.17) is 4.98 Å². The highest BCUT2D eigenvalue weighted by Gasteiger charge is 2.24. The third-order valence-corrected chi connectivity index (χ3v) is 6.96. The molecule has 0 amide bonds. The molecule has 0 saturated heterocycles. The van der Waals surface area contributed by atoms with Crippen LogP contribution < -0.4 is 0 Å². The molecule has 0 spiro atoms. The summed E-state index contributed by atoms with van der Waals surface area (Å²) < 4.78 is 0. The number of aromatic nitrogens is 1. The molecule has 2 aliphatic rings. The summed E-state index contributed by atoms with van der Waals surface area (Å²) in [5.41, 5.74) is 7.64. The van der Waals surface area contributed by atoms with Gasteiger partial charge in [-0.05, 0) is 60.7 Å². The van der Waals surface area contributed by atoms with Gasteiger partial charge in [0.05, 0.1) is 11.4 Å². The van der Waals surface area contributed by atoms with E-state index in [9.17, 15) is 0 Å². The monoisotopic (exact) mass is 453 g/mol. The molecule has 2 aliphatic carbocycles. The van der Waals surface area contributed by atoms with Crippen molar-refractivity contribution in [3.63, 3.8) is 0 Å². The first-order chi connectivity index (χ1) is 17.0. The van der Waals surface area contributed by atoms with Crippen LogP contribution in [0.2, 0.25) is 0 Å². The summed E-state index contributed by atoms with van der Waals surface area (Å²) in [5, 5.41) is 0. The molecule has 1 aromatic heterocycles. The Balaban J connectivity index is 1.52. The van der Waals surface area contributed by atoms with Gasteiger partial charge in [-0.25, -0.2) is 4.98 Å². The summed E-state index contributed by atoms with van der Waals surface area (Å²) in [5.74, 6) is 0. The normalized spacial score (nSPS) is 23.4. The van der Waals surface area contributed by atoms with Crippen molar-refractivity contribution in [3.8, 4) is 0 Å². The predicted octanol–water partition coefficient (Wildman–Crippen LogP) is 8.32. The van der Waals surface area contributed by atoms with Crippen LogP contribution in [0.5, 0.6) is 0 Å². The third kappa shape index (κ3) is 4.81. The van der Waals surface area contributed by atoms with E-state index < -0.39 is 0 Å². The minimum absolute atomic E-state index is 0.151. The molecule has 0 fully saturated rings. The van der Waals surface area contributed by atoms with E-state index in [1.165, 1.54) is 16.7 Å². The number of rotatable bonds is 4. The van der Waals surface area contributed by atoms with Crippen LogP contribution >= 0.6 is 0 Å². The van der Waals surface area contributed by atoms with E-state index in [0.29, 0.717) is 0 Å². The second-order valence-corrected chi connectivity index (χ2v) is 9.84. The van der Waals surface area contributed by atoms with E-state index in [1.54, 1.807) is 0 Å². The van der Waals surface area contributed by atoms with E-state index >= 15 is 0 Å². The van der Waals surface area contributed by atoms with E-state index in [1.807, 2.05) is 0 Å². The minimum Gasteiger partial charge on any atom is -0.248 e. The molecule has 0 aliphatic heterocycles. The van der Waals surface area contributed by atoms with Crippen molar-refractivity contribution in [3.05, 3.63) is 162 Å². The molecule has 0 saturated carbocycles. The highest BCUT2D eigenvalue weighted by molar-refractivity contribution is 5.79. The largest absolute Gasteiger partial charge is 0.248 e. The molecule has 1 heteroatoms. The highest BCUT2D eigenvalue weighted by Crippen LogP contribution is 2.34. The highest BCUT2D eigenvalue weighted by atomic mass is 14.7. The average Bonchev–Trinajstić information content (AvgIpc) is 3.22. The van der Waals surface area contributed by atoms with Crippen molar-refractivity contribution in [2.75, 3.05) is 0 Å². The van der Waals surface area contributed by atoms with Crippen LogP contribution in [0.1, 0.15) is 41.9 Å². The third-order valence-electron chi connectivity index (χ3n) is 6.96. The maximum Gasteiger partial charge on any atom is 0.0712 e. The van der Waals surface area contributed by atoms with Crippen molar-refractivity contribution in [2.24, 2.45) is 0 Å². The van der Waals surface area contributed by atoms with E-state index in [0.717, 1.165) is 22.5 Å². The van der Waals surface area contributed by atoms with Gasteiger partial charge in [-0.3, -0.25) is 0 Å². The molecule has 2 atom stereocenters. The van der Waals surface area contributed by atoms with E-state index in [2.05, 4.69) is 154 Å². The van der Waals surface area contributed by atoms with Crippen LogP contribution in [-0.4, -0.2) is 4.98 Å². The van der Waals surface area contributed by atoms with Crippen molar-refractivity contribution in [1.29, 1.82) is 0 Å². The number of hydrogen-bond donors (Lipinski definition) is 0. The fourth-order valence-corrected chi connectivity index (χ4v) is 4.82. The van der Waals surface area contributed by atoms with Crippen LogP contribution in [0, 0.1) is 6.92 Å². The molecule has 3 aromatic rings. The zero-order valence-electron chi connectivity index (χ0n) is 20.6. The lowest BCUT2D eigenvalue weighted by Crippen LogP contribution is -2.16. The van der Waals surface area contributed by atoms with Gasteiger partial charge in [0.2, 0.25) is 0 Å². The lowest BCUT2D eigenvalue weighted by molar-refractivity contribution is 0.759. The maximum atomic E-state index is 5.14. The number of nitrogens with zero attached hydrogens (tertiary/aromatic N) is 1. The predicted molar refractivity (Wildman–Crippen MR) is 149 cm³/mol. The van der Waals surface area contributed by atoms with Gasteiger partial charge in [-0.15, -0.1) is 0 Å². The smallest absolute Gasteiger partial charge is 0.0712 e. The molecule has 1 heterocycles. The van der Waals surface area contributed by atoms with Crippen LogP contribution in [0.3, 0.4) is 0 Å². The Morgan fingerprint density at radius 1 is 0.600 bits per heavy atom. The van der Waals surface area contributed by atoms with Gasteiger partial charge < -0.3 is 0 Å². The maximum absolute atomic E-state index is 5.14. The molecule has 0 radical (unpaired) electrons. The van der Waals surface area contributed by atoms with Gasteiger partial charge in [0.1, 0.15) is 0 Å². The SMILES string of the molecule is Cc1cc(C2=CC=CC(C)(c3ccccc3)C=C2)nc(C2=CC(C)(c3ccccc3)C=CC=C2)c1. The summed E-state index contributed by atoms with van der Waals surface area (Å²) in [6.07, 6.45) is 22.1. The molecule has 0 N–H and O–H groups in total. The molecule has 2 unspecified atom stereocenters. The Labute approximate surface area is 209 Å². The van der Waals surface area contributed by atoms with Crippen molar-refractivity contribution < 1.29 is 0 Å². The first kappa shape index (κ1) is 22.8. The Morgan fingerprint density at radius 2 is 1.20 bits per heavy atom. The fourth-order valence-electron chi connectivity index (χ4n) is 4.82. The zero-order valence-corrected chi connectivity index (χ0v) is 20.6. The summed E-state index contributed by atoms with van der Waals surface area (Å²) in [4.78, 5) is 5.14. The van der Waals surface area contributed by atoms with Crippen molar-refractivity contribution in [2.45, 2.75) is 31.6 Å². The molecule has 35 heavy (non-hydrogen) atoms. The lowest BCUT2D eigenvalue weighted by Gasteiger charge is -2.23. The van der Waals surface area contributed by atoms with Gasteiger partial charge in [0.25, 0.3) is 0 Å². The lowest BCUT2D eigenvalue weighted by atomic mass is 9.80. The van der Waals surface area contributed by atoms with Crippen LogP contribution in [0.25, 0.3) is 11.1 Å². The summed E-state index contributed by atoms with van der Waals surface area (Å²) in [6.45, 7) is 6.66. The number of pyridine rings is 1. The topological polar surface area (TPSA) is 12.9 Å². The Kier molecular flexibility index (Phi) is 6.09.